The highest BCUT2D eigenvalue weighted by atomic mass is 79.9. The van der Waals surface area contributed by atoms with Gasteiger partial charge in [-0.2, -0.15) is 0 Å². The maximum Gasteiger partial charge on any atom is 0.155 e. The molecule has 0 aromatic carbocycles. The van der Waals surface area contributed by atoms with E-state index in [4.69, 9.17) is 0 Å². The van der Waals surface area contributed by atoms with Gasteiger partial charge in [0.15, 0.2) is 5.78 Å². The zero-order chi connectivity index (χ0) is 12.8. The number of alkyl halides is 1. The first-order valence-corrected chi connectivity index (χ1v) is 6.95. The van der Waals surface area contributed by atoms with Crippen LogP contribution >= 0.6 is 15.9 Å². The molecule has 1 N–H and O–H groups in total. The van der Waals surface area contributed by atoms with Crippen molar-refractivity contribution in [3.05, 3.63) is 24.3 Å². The number of carbonyl (C=O) groups is 1. The average molecular weight is 299 g/mol. The largest absolute Gasteiger partial charge is 0.392 e. The fraction of sp³-hybridized carbons (Fsp3) is 0.643. The van der Waals surface area contributed by atoms with Gasteiger partial charge in [0.05, 0.1) is 6.10 Å². The molecule has 1 spiro atoms. The fourth-order valence-electron chi connectivity index (χ4n) is 3.27. The van der Waals surface area contributed by atoms with Crippen molar-refractivity contribution in [2.75, 3.05) is 0 Å². The lowest BCUT2D eigenvalue weighted by Gasteiger charge is -2.55. The van der Waals surface area contributed by atoms with E-state index in [1.165, 1.54) is 0 Å². The van der Waals surface area contributed by atoms with Crippen LogP contribution in [0.4, 0.5) is 0 Å². The highest BCUT2D eigenvalue weighted by Crippen LogP contribution is 2.59. The number of ketones is 1. The highest BCUT2D eigenvalue weighted by molar-refractivity contribution is 9.09. The summed E-state index contributed by atoms with van der Waals surface area (Å²) in [6, 6.07) is 0. The number of allylic oxidation sites excluding steroid dienone is 2. The molecule has 2 rings (SSSR count). The first kappa shape index (κ1) is 13.0. The van der Waals surface area contributed by atoms with E-state index in [1.54, 1.807) is 6.08 Å². The molecule has 17 heavy (non-hydrogen) atoms. The summed E-state index contributed by atoms with van der Waals surface area (Å²) in [5, 5.41) is 10.1. The molecule has 0 bridgehead atoms. The second-order valence-corrected chi connectivity index (χ2v) is 6.76. The summed E-state index contributed by atoms with van der Waals surface area (Å²) in [6.45, 7) is 8.43. The van der Waals surface area contributed by atoms with Crippen molar-refractivity contribution in [3.63, 3.8) is 0 Å². The van der Waals surface area contributed by atoms with Gasteiger partial charge in [-0.05, 0) is 24.3 Å². The SMILES string of the molecule is C=C1C[C@H](O)[C@H](Br)C(C)(C)C12C=CC(=O)CC2. The summed E-state index contributed by atoms with van der Waals surface area (Å²) in [5.41, 5.74) is 0.752. The Morgan fingerprint density at radius 1 is 1.53 bits per heavy atom. The number of hydrogen-bond donors (Lipinski definition) is 1. The molecular weight excluding hydrogens is 280 g/mol. The van der Waals surface area contributed by atoms with Crippen molar-refractivity contribution in [2.45, 2.75) is 44.0 Å². The van der Waals surface area contributed by atoms with Crippen molar-refractivity contribution < 1.29 is 9.90 Å². The van der Waals surface area contributed by atoms with Crippen LogP contribution in [0.3, 0.4) is 0 Å². The Bertz CT molecular complexity index is 397. The third kappa shape index (κ3) is 1.75. The minimum Gasteiger partial charge on any atom is -0.392 e. The van der Waals surface area contributed by atoms with E-state index in [0.717, 1.165) is 12.0 Å². The molecule has 0 amide bonds. The molecule has 94 valence electrons. The van der Waals surface area contributed by atoms with Crippen LogP contribution in [0.5, 0.6) is 0 Å². The van der Waals surface area contributed by atoms with E-state index in [2.05, 4.69) is 36.4 Å². The lowest BCUT2D eigenvalue weighted by atomic mass is 9.52. The summed E-state index contributed by atoms with van der Waals surface area (Å²) >= 11 is 3.62. The van der Waals surface area contributed by atoms with Gasteiger partial charge in [-0.1, -0.05) is 48.0 Å². The van der Waals surface area contributed by atoms with Crippen molar-refractivity contribution >= 4 is 21.7 Å². The summed E-state index contributed by atoms with van der Waals surface area (Å²) in [6.07, 6.45) is 5.30. The molecule has 2 aliphatic rings. The average Bonchev–Trinajstić information content (AvgIpc) is 2.27. The van der Waals surface area contributed by atoms with Crippen LogP contribution in [-0.4, -0.2) is 21.8 Å². The van der Waals surface area contributed by atoms with Crippen molar-refractivity contribution in [3.8, 4) is 0 Å². The predicted octanol–water partition coefficient (Wildman–Crippen LogP) is 3.00. The predicted molar refractivity (Wildman–Crippen MR) is 72.1 cm³/mol. The molecule has 0 aromatic heterocycles. The Labute approximate surface area is 111 Å². The van der Waals surface area contributed by atoms with Crippen molar-refractivity contribution in [2.24, 2.45) is 10.8 Å². The second kappa shape index (κ2) is 4.06. The number of rotatable bonds is 0. The number of carbonyl (C=O) groups excluding carboxylic acids is 1. The number of hydrogen-bond acceptors (Lipinski definition) is 2. The van der Waals surface area contributed by atoms with E-state index in [1.807, 2.05) is 6.08 Å². The van der Waals surface area contributed by atoms with Crippen LogP contribution in [0.25, 0.3) is 0 Å². The highest BCUT2D eigenvalue weighted by Gasteiger charge is 2.55. The molecular formula is C14H19BrO2. The molecule has 2 nitrogen and oxygen atoms in total. The fourth-order valence-corrected chi connectivity index (χ4v) is 3.87. The van der Waals surface area contributed by atoms with Crippen LogP contribution in [0.15, 0.2) is 24.3 Å². The number of aliphatic hydroxyl groups excluding tert-OH is 1. The third-order valence-electron chi connectivity index (χ3n) is 4.58. The molecule has 0 aliphatic heterocycles. The molecule has 0 saturated heterocycles. The van der Waals surface area contributed by atoms with Crippen LogP contribution in [-0.2, 0) is 4.79 Å². The molecule has 2 aliphatic carbocycles. The summed E-state index contributed by atoms with van der Waals surface area (Å²) < 4.78 is 0. The van der Waals surface area contributed by atoms with Crippen LogP contribution < -0.4 is 0 Å². The zero-order valence-electron chi connectivity index (χ0n) is 10.4. The second-order valence-electron chi connectivity index (χ2n) is 5.77. The van der Waals surface area contributed by atoms with Gasteiger partial charge < -0.3 is 5.11 Å². The first-order chi connectivity index (χ1) is 7.81. The third-order valence-corrected chi connectivity index (χ3v) is 6.34. The summed E-state index contributed by atoms with van der Waals surface area (Å²) in [7, 11) is 0. The summed E-state index contributed by atoms with van der Waals surface area (Å²) in [5.74, 6) is 0.191. The normalized spacial score (nSPS) is 40.9. The lowest BCUT2D eigenvalue weighted by Crippen LogP contribution is -2.53. The molecule has 1 unspecified atom stereocenters. The van der Waals surface area contributed by atoms with Gasteiger partial charge >= 0.3 is 0 Å². The quantitative estimate of drug-likeness (QED) is 0.551. The Hall–Kier alpha value is -0.410. The number of aliphatic hydroxyl groups is 1. The molecule has 0 heterocycles. The monoisotopic (exact) mass is 298 g/mol. The Morgan fingerprint density at radius 2 is 2.18 bits per heavy atom. The van der Waals surface area contributed by atoms with Gasteiger partial charge in [0.25, 0.3) is 0 Å². The number of halogens is 1. The zero-order valence-corrected chi connectivity index (χ0v) is 12.0. The van der Waals surface area contributed by atoms with Gasteiger partial charge in [-0.3, -0.25) is 4.79 Å². The Balaban J connectivity index is 2.47. The van der Waals surface area contributed by atoms with E-state index in [-0.39, 0.29) is 21.4 Å². The molecule has 0 aromatic rings. The minimum atomic E-state index is -0.394. The standard InChI is InChI=1S/C14H19BrO2/c1-9-8-11(17)12(15)13(2,3)14(9)6-4-10(16)5-7-14/h4,6,11-12,17H,1,5,7-8H2,2-3H3/t11-,12-,14?/m0/s1. The van der Waals surface area contributed by atoms with Gasteiger partial charge in [-0.15, -0.1) is 0 Å². The van der Waals surface area contributed by atoms with Crippen molar-refractivity contribution in [1.29, 1.82) is 0 Å². The van der Waals surface area contributed by atoms with Gasteiger partial charge in [0.1, 0.15) is 0 Å². The van der Waals surface area contributed by atoms with E-state index in [9.17, 15) is 9.90 Å². The minimum absolute atomic E-state index is 0.0263. The van der Waals surface area contributed by atoms with E-state index in [0.29, 0.717) is 12.8 Å². The van der Waals surface area contributed by atoms with Crippen LogP contribution in [0, 0.1) is 10.8 Å². The van der Waals surface area contributed by atoms with Gasteiger partial charge in [0, 0.05) is 16.7 Å². The van der Waals surface area contributed by atoms with Gasteiger partial charge in [0.2, 0.25) is 0 Å². The maximum atomic E-state index is 11.4. The van der Waals surface area contributed by atoms with Crippen LogP contribution in [0.1, 0.15) is 33.1 Å². The van der Waals surface area contributed by atoms with Crippen LogP contribution in [0.2, 0.25) is 0 Å². The Morgan fingerprint density at radius 3 is 2.71 bits per heavy atom. The molecule has 3 atom stereocenters. The molecule has 0 radical (unpaired) electrons. The van der Waals surface area contributed by atoms with E-state index < -0.39 is 6.10 Å². The topological polar surface area (TPSA) is 37.3 Å². The lowest BCUT2D eigenvalue weighted by molar-refractivity contribution is -0.116. The summed E-state index contributed by atoms with van der Waals surface area (Å²) in [4.78, 5) is 11.4. The molecule has 1 fully saturated rings. The first-order valence-electron chi connectivity index (χ1n) is 6.04. The smallest absolute Gasteiger partial charge is 0.155 e. The maximum absolute atomic E-state index is 11.4. The molecule has 1 saturated carbocycles. The van der Waals surface area contributed by atoms with Gasteiger partial charge in [-0.25, -0.2) is 0 Å². The molecule has 3 heteroatoms. The van der Waals surface area contributed by atoms with E-state index >= 15 is 0 Å². The Kier molecular flexibility index (Phi) is 3.11. The van der Waals surface area contributed by atoms with Crippen molar-refractivity contribution in [1.82, 2.24) is 0 Å².